The lowest BCUT2D eigenvalue weighted by atomic mass is 10.2. The van der Waals surface area contributed by atoms with Gasteiger partial charge in [-0.15, -0.1) is 0 Å². The number of nitrogens with zero attached hydrogens (tertiary/aromatic N) is 1. The average molecular weight is 297 g/mol. The summed E-state index contributed by atoms with van der Waals surface area (Å²) >= 11 is 7.08. The lowest BCUT2D eigenvalue weighted by molar-refractivity contribution is 0.0965. The molecular weight excluding hydrogens is 284 g/mol. The van der Waals surface area contributed by atoms with Crippen LogP contribution in [-0.2, 0) is 6.54 Å². The summed E-state index contributed by atoms with van der Waals surface area (Å²) in [5.41, 5.74) is 7.09. The second kappa shape index (κ2) is 5.90. The number of amides is 1. The smallest absolute Gasteiger partial charge is 0.257 e. The Kier molecular flexibility index (Phi) is 4.24. The molecule has 0 fully saturated rings. The zero-order valence-electron chi connectivity index (χ0n) is 10.2. The third-order valence-electron chi connectivity index (χ3n) is 2.51. The Morgan fingerprint density at radius 2 is 2.32 bits per heavy atom. The minimum absolute atomic E-state index is 0.234. The molecule has 0 saturated heterocycles. The van der Waals surface area contributed by atoms with Gasteiger partial charge in [0.05, 0.1) is 0 Å². The van der Waals surface area contributed by atoms with Gasteiger partial charge in [-0.2, -0.15) is 4.37 Å². The molecule has 1 aromatic heterocycles. The van der Waals surface area contributed by atoms with Gasteiger partial charge in [-0.25, -0.2) is 0 Å². The van der Waals surface area contributed by atoms with E-state index >= 15 is 0 Å². The van der Waals surface area contributed by atoms with Gasteiger partial charge in [-0.1, -0.05) is 23.7 Å². The average Bonchev–Trinajstić information content (AvgIpc) is 2.77. The molecule has 19 heavy (non-hydrogen) atoms. The zero-order chi connectivity index (χ0) is 13.8. The van der Waals surface area contributed by atoms with Gasteiger partial charge >= 0.3 is 0 Å². The Balaban J connectivity index is 2.14. The summed E-state index contributed by atoms with van der Waals surface area (Å²) in [5, 5.41) is 7.02. The van der Waals surface area contributed by atoms with E-state index in [0.29, 0.717) is 22.1 Å². The number of nitrogens with one attached hydrogen (secondary N) is 2. The van der Waals surface area contributed by atoms with Crippen LogP contribution in [0.25, 0.3) is 0 Å². The van der Waals surface area contributed by atoms with E-state index in [1.54, 1.807) is 7.05 Å². The van der Waals surface area contributed by atoms with E-state index in [4.69, 9.17) is 17.3 Å². The number of anilines is 2. The van der Waals surface area contributed by atoms with E-state index < -0.39 is 0 Å². The number of hydrogen-bond acceptors (Lipinski definition) is 5. The van der Waals surface area contributed by atoms with Gasteiger partial charge in [-0.05, 0) is 29.2 Å². The molecule has 0 spiro atoms. The Morgan fingerprint density at radius 3 is 3.00 bits per heavy atom. The largest absolute Gasteiger partial charge is 0.382 e. The van der Waals surface area contributed by atoms with Crippen LogP contribution in [0, 0.1) is 0 Å². The number of carbonyl (C=O) groups is 1. The van der Waals surface area contributed by atoms with Crippen molar-refractivity contribution >= 4 is 39.9 Å². The number of nitrogen functional groups attached to an aromatic ring is 1. The Morgan fingerprint density at radius 1 is 1.53 bits per heavy atom. The fraction of sp³-hybridized carbons (Fsp3) is 0.167. The maximum atomic E-state index is 11.7. The summed E-state index contributed by atoms with van der Waals surface area (Å²) in [4.78, 5) is 11.7. The topological polar surface area (TPSA) is 80.0 Å². The van der Waals surface area contributed by atoms with Crippen molar-refractivity contribution in [2.75, 3.05) is 18.1 Å². The maximum absolute atomic E-state index is 11.7. The molecule has 0 atom stereocenters. The lowest BCUT2D eigenvalue weighted by Crippen LogP contribution is -2.20. The van der Waals surface area contributed by atoms with E-state index in [9.17, 15) is 4.79 Å². The van der Waals surface area contributed by atoms with Crippen LogP contribution in [0.1, 0.15) is 15.9 Å². The molecule has 100 valence electrons. The number of carbonyl (C=O) groups excluding carboxylic acids is 1. The highest BCUT2D eigenvalue weighted by Gasteiger charge is 2.17. The SMILES string of the molecule is CNC(=O)c1c(N)nsc1NCc1cccc(Cl)c1. The molecule has 0 aliphatic rings. The molecule has 0 radical (unpaired) electrons. The fourth-order valence-electron chi connectivity index (χ4n) is 1.60. The highest BCUT2D eigenvalue weighted by atomic mass is 35.5. The van der Waals surface area contributed by atoms with Crippen LogP contribution in [0.5, 0.6) is 0 Å². The van der Waals surface area contributed by atoms with Crippen molar-refractivity contribution in [1.82, 2.24) is 9.69 Å². The third kappa shape index (κ3) is 3.15. The van der Waals surface area contributed by atoms with Crippen LogP contribution in [-0.4, -0.2) is 17.3 Å². The quantitative estimate of drug-likeness (QED) is 0.809. The van der Waals surface area contributed by atoms with Gasteiger partial charge in [0, 0.05) is 18.6 Å². The number of benzene rings is 1. The molecule has 2 aromatic rings. The molecule has 4 N–H and O–H groups in total. The molecule has 0 aliphatic carbocycles. The molecule has 2 rings (SSSR count). The number of hydrogen-bond donors (Lipinski definition) is 3. The number of nitrogens with two attached hydrogens (primary N) is 1. The Hall–Kier alpha value is -1.79. The number of aromatic nitrogens is 1. The van der Waals surface area contributed by atoms with Crippen LogP contribution < -0.4 is 16.4 Å². The highest BCUT2D eigenvalue weighted by Crippen LogP contribution is 2.27. The van der Waals surface area contributed by atoms with Crippen LogP contribution in [0.4, 0.5) is 10.8 Å². The first-order chi connectivity index (χ1) is 9.11. The van der Waals surface area contributed by atoms with Gasteiger partial charge < -0.3 is 16.4 Å². The standard InChI is InChI=1S/C12H13ClN4OS/c1-15-11(18)9-10(14)17-19-12(9)16-6-7-3-2-4-8(13)5-7/h2-5,16H,6H2,1H3,(H2,14,17)(H,15,18). The molecule has 7 heteroatoms. The first-order valence-corrected chi connectivity index (χ1v) is 6.72. The van der Waals surface area contributed by atoms with E-state index in [2.05, 4.69) is 15.0 Å². The van der Waals surface area contributed by atoms with Gasteiger partial charge in [0.2, 0.25) is 0 Å². The molecule has 1 heterocycles. The third-order valence-corrected chi connectivity index (χ3v) is 3.57. The molecule has 5 nitrogen and oxygen atoms in total. The van der Waals surface area contributed by atoms with Crippen molar-refractivity contribution in [1.29, 1.82) is 0 Å². The van der Waals surface area contributed by atoms with E-state index in [-0.39, 0.29) is 11.7 Å². The van der Waals surface area contributed by atoms with Crippen molar-refractivity contribution in [3.05, 3.63) is 40.4 Å². The minimum Gasteiger partial charge on any atom is -0.382 e. The molecule has 0 bridgehead atoms. The second-order valence-electron chi connectivity index (χ2n) is 3.83. The molecule has 0 aliphatic heterocycles. The van der Waals surface area contributed by atoms with Crippen molar-refractivity contribution < 1.29 is 4.79 Å². The molecule has 1 aromatic carbocycles. The van der Waals surface area contributed by atoms with E-state index in [0.717, 1.165) is 17.1 Å². The molecular formula is C12H13ClN4OS. The summed E-state index contributed by atoms with van der Waals surface area (Å²) in [7, 11) is 1.56. The van der Waals surface area contributed by atoms with Gasteiger partial charge in [-0.3, -0.25) is 4.79 Å². The molecule has 1 amide bonds. The summed E-state index contributed by atoms with van der Waals surface area (Å²) in [6.07, 6.45) is 0. The van der Waals surface area contributed by atoms with Gasteiger partial charge in [0.15, 0.2) is 5.82 Å². The maximum Gasteiger partial charge on any atom is 0.257 e. The Labute approximate surface area is 119 Å². The monoisotopic (exact) mass is 296 g/mol. The van der Waals surface area contributed by atoms with Gasteiger partial charge in [0.1, 0.15) is 10.6 Å². The molecule has 0 unspecified atom stereocenters. The molecule has 0 saturated carbocycles. The number of rotatable bonds is 4. The second-order valence-corrected chi connectivity index (χ2v) is 5.04. The van der Waals surface area contributed by atoms with Crippen molar-refractivity contribution in [3.63, 3.8) is 0 Å². The van der Waals surface area contributed by atoms with Crippen molar-refractivity contribution in [2.45, 2.75) is 6.54 Å². The first kappa shape index (κ1) is 13.6. The normalized spacial score (nSPS) is 10.2. The zero-order valence-corrected chi connectivity index (χ0v) is 11.8. The minimum atomic E-state index is -0.250. The predicted octanol–water partition coefficient (Wildman–Crippen LogP) is 2.35. The Bertz CT molecular complexity index is 599. The van der Waals surface area contributed by atoms with Crippen LogP contribution >= 0.6 is 23.1 Å². The highest BCUT2D eigenvalue weighted by molar-refractivity contribution is 7.11. The lowest BCUT2D eigenvalue weighted by Gasteiger charge is -2.06. The fourth-order valence-corrected chi connectivity index (χ4v) is 2.52. The van der Waals surface area contributed by atoms with E-state index in [1.807, 2.05) is 24.3 Å². The summed E-state index contributed by atoms with van der Waals surface area (Å²) in [5.74, 6) is -0.0159. The first-order valence-electron chi connectivity index (χ1n) is 5.57. The van der Waals surface area contributed by atoms with E-state index in [1.165, 1.54) is 0 Å². The van der Waals surface area contributed by atoms with Crippen LogP contribution in [0.15, 0.2) is 24.3 Å². The van der Waals surface area contributed by atoms with Crippen molar-refractivity contribution in [2.24, 2.45) is 0 Å². The number of halogens is 1. The van der Waals surface area contributed by atoms with Crippen LogP contribution in [0.3, 0.4) is 0 Å². The van der Waals surface area contributed by atoms with Crippen LogP contribution in [0.2, 0.25) is 5.02 Å². The summed E-state index contributed by atoms with van der Waals surface area (Å²) in [6, 6.07) is 7.49. The van der Waals surface area contributed by atoms with Gasteiger partial charge in [0.25, 0.3) is 5.91 Å². The summed E-state index contributed by atoms with van der Waals surface area (Å²) in [6.45, 7) is 0.548. The summed E-state index contributed by atoms with van der Waals surface area (Å²) < 4.78 is 3.99. The predicted molar refractivity (Wildman–Crippen MR) is 78.7 cm³/mol. The van der Waals surface area contributed by atoms with Crippen molar-refractivity contribution in [3.8, 4) is 0 Å².